The fourth-order valence-corrected chi connectivity index (χ4v) is 2.59. The average Bonchev–Trinajstić information content (AvgIpc) is 2.46. The van der Waals surface area contributed by atoms with E-state index in [2.05, 4.69) is 11.9 Å². The lowest BCUT2D eigenvalue weighted by molar-refractivity contribution is 0.108. The molecule has 1 N–H and O–H groups in total. The van der Waals surface area contributed by atoms with Gasteiger partial charge in [-0.3, -0.25) is 4.90 Å². The Bertz CT molecular complexity index is 135. The van der Waals surface area contributed by atoms with Gasteiger partial charge in [-0.1, -0.05) is 0 Å². The molecule has 0 amide bonds. The van der Waals surface area contributed by atoms with Gasteiger partial charge < -0.3 is 5.11 Å². The molecule has 0 aromatic carbocycles. The van der Waals surface area contributed by atoms with Crippen molar-refractivity contribution in [2.75, 3.05) is 13.7 Å². The van der Waals surface area contributed by atoms with Crippen LogP contribution in [-0.4, -0.2) is 35.7 Å². The number of likely N-dealkylation sites (tertiary alicyclic amines) is 1. The lowest BCUT2D eigenvalue weighted by Crippen LogP contribution is -2.39. The average molecular weight is 141 g/mol. The van der Waals surface area contributed by atoms with Crippen LogP contribution in [0.5, 0.6) is 0 Å². The van der Waals surface area contributed by atoms with Crippen molar-refractivity contribution in [3.63, 3.8) is 0 Å². The summed E-state index contributed by atoms with van der Waals surface area (Å²) in [6.07, 6.45) is 4.04. The third kappa shape index (κ3) is 0.722. The maximum atomic E-state index is 9.02. The summed E-state index contributed by atoms with van der Waals surface area (Å²) in [5, 5.41) is 9.02. The zero-order chi connectivity index (χ0) is 7.14. The van der Waals surface area contributed by atoms with E-state index in [0.29, 0.717) is 12.6 Å². The largest absolute Gasteiger partial charge is 0.395 e. The quantitative estimate of drug-likeness (QED) is 0.573. The fraction of sp³-hybridized carbons (Fsp3) is 1.00. The van der Waals surface area contributed by atoms with Crippen molar-refractivity contribution in [1.82, 2.24) is 4.90 Å². The number of piperidine rings is 1. The van der Waals surface area contributed by atoms with Crippen LogP contribution < -0.4 is 0 Å². The molecule has 0 radical (unpaired) electrons. The zero-order valence-electron chi connectivity index (χ0n) is 6.45. The van der Waals surface area contributed by atoms with E-state index in [4.69, 9.17) is 5.11 Å². The molecule has 10 heavy (non-hydrogen) atoms. The molecule has 0 aromatic heterocycles. The van der Waals surface area contributed by atoms with Gasteiger partial charge in [0.1, 0.15) is 0 Å². The third-order valence-electron chi connectivity index (χ3n) is 3.28. The number of likely N-dealkylation sites (N-methyl/N-ethyl adjacent to an activating group) is 1. The van der Waals surface area contributed by atoms with Crippen molar-refractivity contribution in [2.45, 2.75) is 31.3 Å². The molecule has 3 atom stereocenters. The van der Waals surface area contributed by atoms with E-state index in [0.717, 1.165) is 12.0 Å². The van der Waals surface area contributed by atoms with Gasteiger partial charge in [0.15, 0.2) is 0 Å². The molecule has 1 saturated heterocycles. The van der Waals surface area contributed by atoms with E-state index in [1.165, 1.54) is 19.3 Å². The Balaban J connectivity index is 2.10. The van der Waals surface area contributed by atoms with Gasteiger partial charge in [-0.05, 0) is 32.2 Å². The van der Waals surface area contributed by atoms with Crippen molar-refractivity contribution in [3.8, 4) is 0 Å². The number of hydrogen-bond donors (Lipinski definition) is 1. The van der Waals surface area contributed by atoms with Gasteiger partial charge in [-0.2, -0.15) is 0 Å². The van der Waals surface area contributed by atoms with E-state index in [9.17, 15) is 0 Å². The van der Waals surface area contributed by atoms with E-state index >= 15 is 0 Å². The molecule has 2 bridgehead atoms. The minimum Gasteiger partial charge on any atom is -0.395 e. The minimum atomic E-state index is 0.359. The van der Waals surface area contributed by atoms with Gasteiger partial charge in [0.25, 0.3) is 0 Å². The van der Waals surface area contributed by atoms with Crippen LogP contribution in [0.4, 0.5) is 0 Å². The van der Waals surface area contributed by atoms with Crippen LogP contribution in [0.1, 0.15) is 19.3 Å². The zero-order valence-corrected chi connectivity index (χ0v) is 6.45. The molecule has 0 aromatic rings. The predicted octanol–water partition coefficient (Wildman–Crippen LogP) is 0.461. The molecule has 0 unspecified atom stereocenters. The molecule has 0 spiro atoms. The first-order valence-corrected chi connectivity index (χ1v) is 4.15. The van der Waals surface area contributed by atoms with Crippen LogP contribution >= 0.6 is 0 Å². The number of aliphatic hydroxyl groups is 1. The predicted molar refractivity (Wildman–Crippen MR) is 39.8 cm³/mol. The second-order valence-corrected chi connectivity index (χ2v) is 3.64. The summed E-state index contributed by atoms with van der Waals surface area (Å²) in [4.78, 5) is 2.36. The lowest BCUT2D eigenvalue weighted by atomic mass is 10.0. The summed E-state index contributed by atoms with van der Waals surface area (Å²) >= 11 is 0. The Kier molecular flexibility index (Phi) is 1.46. The molecule has 2 nitrogen and oxygen atoms in total. The van der Waals surface area contributed by atoms with Crippen molar-refractivity contribution < 1.29 is 5.11 Å². The van der Waals surface area contributed by atoms with Gasteiger partial charge in [0, 0.05) is 12.1 Å². The summed E-state index contributed by atoms with van der Waals surface area (Å²) in [5.74, 6) is 0.806. The van der Waals surface area contributed by atoms with E-state index in [-0.39, 0.29) is 0 Å². The maximum absolute atomic E-state index is 9.02. The fourth-order valence-electron chi connectivity index (χ4n) is 2.59. The second-order valence-electron chi connectivity index (χ2n) is 3.64. The lowest BCUT2D eigenvalue weighted by Gasteiger charge is -2.30. The SMILES string of the molecule is CN1[C@H]2CC[C@H](C2)[C@@H]1CO. The van der Waals surface area contributed by atoms with Crippen LogP contribution in [-0.2, 0) is 0 Å². The van der Waals surface area contributed by atoms with Crippen LogP contribution in [0.15, 0.2) is 0 Å². The monoisotopic (exact) mass is 141 g/mol. The third-order valence-corrected chi connectivity index (χ3v) is 3.28. The van der Waals surface area contributed by atoms with Crippen molar-refractivity contribution in [3.05, 3.63) is 0 Å². The smallest absolute Gasteiger partial charge is 0.0589 e. The highest BCUT2D eigenvalue weighted by molar-refractivity contribution is 4.97. The summed E-state index contributed by atoms with van der Waals surface area (Å²) in [7, 11) is 2.14. The molecule has 2 fully saturated rings. The highest BCUT2D eigenvalue weighted by Crippen LogP contribution is 2.40. The molecule has 1 aliphatic carbocycles. The normalized spacial score (nSPS) is 46.8. The topological polar surface area (TPSA) is 23.5 Å². The minimum absolute atomic E-state index is 0.359. The summed E-state index contributed by atoms with van der Waals surface area (Å²) in [5.41, 5.74) is 0. The number of aliphatic hydroxyl groups excluding tert-OH is 1. The molecule has 2 heteroatoms. The Hall–Kier alpha value is -0.0800. The second kappa shape index (κ2) is 2.21. The summed E-state index contributed by atoms with van der Waals surface area (Å²) in [6, 6.07) is 1.28. The molecule has 58 valence electrons. The number of hydrogen-bond acceptors (Lipinski definition) is 2. The van der Waals surface area contributed by atoms with E-state index < -0.39 is 0 Å². The molecule has 2 aliphatic rings. The highest BCUT2D eigenvalue weighted by atomic mass is 16.3. The van der Waals surface area contributed by atoms with Gasteiger partial charge in [-0.25, -0.2) is 0 Å². The van der Waals surface area contributed by atoms with Crippen LogP contribution in [0.25, 0.3) is 0 Å². The molecule has 1 aliphatic heterocycles. The van der Waals surface area contributed by atoms with Crippen LogP contribution in [0, 0.1) is 5.92 Å². The van der Waals surface area contributed by atoms with Crippen molar-refractivity contribution >= 4 is 0 Å². The van der Waals surface area contributed by atoms with E-state index in [1.54, 1.807) is 0 Å². The van der Waals surface area contributed by atoms with Crippen molar-refractivity contribution in [1.29, 1.82) is 0 Å². The number of fused-ring (bicyclic) bond motifs is 2. The highest BCUT2D eigenvalue weighted by Gasteiger charge is 2.42. The summed E-state index contributed by atoms with van der Waals surface area (Å²) < 4.78 is 0. The van der Waals surface area contributed by atoms with Gasteiger partial charge in [0.05, 0.1) is 6.61 Å². The Morgan fingerprint density at radius 1 is 1.50 bits per heavy atom. The Morgan fingerprint density at radius 2 is 2.30 bits per heavy atom. The van der Waals surface area contributed by atoms with Crippen LogP contribution in [0.3, 0.4) is 0 Å². The molecule has 1 saturated carbocycles. The Labute approximate surface area is 61.8 Å². The standard InChI is InChI=1S/C8H15NO/c1-9-7-3-2-6(4-7)8(9)5-10/h6-8,10H,2-5H2,1H3/t6-,7+,8+/m1/s1. The molecular weight excluding hydrogens is 126 g/mol. The number of rotatable bonds is 1. The first kappa shape index (κ1) is 6.62. The Morgan fingerprint density at radius 3 is 2.70 bits per heavy atom. The van der Waals surface area contributed by atoms with E-state index in [1.807, 2.05) is 0 Å². The number of nitrogens with zero attached hydrogens (tertiary/aromatic N) is 1. The van der Waals surface area contributed by atoms with Gasteiger partial charge >= 0.3 is 0 Å². The van der Waals surface area contributed by atoms with Crippen LogP contribution in [0.2, 0.25) is 0 Å². The summed E-state index contributed by atoms with van der Waals surface area (Å²) in [6.45, 7) is 0.359. The maximum Gasteiger partial charge on any atom is 0.0589 e. The van der Waals surface area contributed by atoms with Crippen molar-refractivity contribution in [2.24, 2.45) is 5.92 Å². The molecule has 1 heterocycles. The van der Waals surface area contributed by atoms with Gasteiger partial charge in [0.2, 0.25) is 0 Å². The first-order valence-electron chi connectivity index (χ1n) is 4.15. The van der Waals surface area contributed by atoms with Gasteiger partial charge in [-0.15, -0.1) is 0 Å². The molecular formula is C8H15NO. The first-order chi connectivity index (χ1) is 4.83. The molecule has 2 rings (SSSR count).